The summed E-state index contributed by atoms with van der Waals surface area (Å²) in [6.07, 6.45) is 8.25. The van der Waals surface area contributed by atoms with Gasteiger partial charge in [0.15, 0.2) is 0 Å². The highest BCUT2D eigenvalue weighted by molar-refractivity contribution is 6.31. The van der Waals surface area contributed by atoms with Gasteiger partial charge < -0.3 is 0 Å². The van der Waals surface area contributed by atoms with Crippen LogP contribution in [0.3, 0.4) is 0 Å². The second kappa shape index (κ2) is 5.80. The molecule has 3 N–H and O–H groups in total. The molecule has 1 heterocycles. The molecule has 1 saturated carbocycles. The van der Waals surface area contributed by atoms with Crippen LogP contribution in [0.1, 0.15) is 31.7 Å². The summed E-state index contributed by atoms with van der Waals surface area (Å²) in [5.74, 6) is 7.11. The first-order valence-corrected chi connectivity index (χ1v) is 6.64. The van der Waals surface area contributed by atoms with Crippen LogP contribution in [0.2, 0.25) is 5.02 Å². The molecule has 17 heavy (non-hydrogen) atoms. The molecular weight excluding hydrogens is 234 g/mol. The number of rotatable bonds is 4. The van der Waals surface area contributed by atoms with E-state index in [-0.39, 0.29) is 0 Å². The van der Waals surface area contributed by atoms with Crippen LogP contribution in [0.4, 0.5) is 0 Å². The fourth-order valence-electron chi connectivity index (χ4n) is 2.91. The van der Waals surface area contributed by atoms with Gasteiger partial charge in [-0.15, -0.1) is 0 Å². The van der Waals surface area contributed by atoms with Crippen LogP contribution in [-0.2, 0) is 6.42 Å². The number of pyridine rings is 1. The Bertz CT molecular complexity index is 369. The Labute approximate surface area is 108 Å². The van der Waals surface area contributed by atoms with E-state index in [1.807, 2.05) is 6.07 Å². The topological polar surface area (TPSA) is 50.9 Å². The van der Waals surface area contributed by atoms with Gasteiger partial charge in [0.1, 0.15) is 0 Å². The van der Waals surface area contributed by atoms with Gasteiger partial charge in [-0.3, -0.25) is 16.3 Å². The SMILES string of the molecule is CC1CCCC1C(Cc1ccncc1Cl)NN. The lowest BCUT2D eigenvalue weighted by atomic mass is 9.87. The van der Waals surface area contributed by atoms with Crippen LogP contribution in [0.5, 0.6) is 0 Å². The Balaban J connectivity index is 2.07. The summed E-state index contributed by atoms with van der Waals surface area (Å²) in [5.41, 5.74) is 4.10. The number of nitrogens with two attached hydrogens (primary N) is 1. The van der Waals surface area contributed by atoms with E-state index in [4.69, 9.17) is 17.4 Å². The van der Waals surface area contributed by atoms with Crippen molar-refractivity contribution in [3.8, 4) is 0 Å². The molecule has 0 aromatic carbocycles. The Kier molecular flexibility index (Phi) is 4.37. The first-order valence-electron chi connectivity index (χ1n) is 6.27. The van der Waals surface area contributed by atoms with Crippen molar-refractivity contribution in [3.05, 3.63) is 29.0 Å². The molecule has 0 bridgehead atoms. The molecule has 1 fully saturated rings. The van der Waals surface area contributed by atoms with Crippen molar-refractivity contribution in [3.63, 3.8) is 0 Å². The van der Waals surface area contributed by atoms with E-state index in [0.717, 1.165) is 22.9 Å². The third-order valence-corrected chi connectivity index (χ3v) is 4.30. The fourth-order valence-corrected chi connectivity index (χ4v) is 3.11. The molecule has 3 unspecified atom stereocenters. The van der Waals surface area contributed by atoms with Crippen LogP contribution < -0.4 is 11.3 Å². The molecule has 1 aliphatic rings. The second-order valence-electron chi connectivity index (χ2n) is 5.02. The van der Waals surface area contributed by atoms with Gasteiger partial charge in [0, 0.05) is 18.4 Å². The summed E-state index contributed by atoms with van der Waals surface area (Å²) in [4.78, 5) is 4.01. The van der Waals surface area contributed by atoms with Crippen molar-refractivity contribution in [2.75, 3.05) is 0 Å². The minimum absolute atomic E-state index is 0.312. The monoisotopic (exact) mass is 253 g/mol. The minimum Gasteiger partial charge on any atom is -0.271 e. The summed E-state index contributed by atoms with van der Waals surface area (Å²) in [6.45, 7) is 2.32. The van der Waals surface area contributed by atoms with Gasteiger partial charge in [0.25, 0.3) is 0 Å². The van der Waals surface area contributed by atoms with E-state index in [9.17, 15) is 0 Å². The maximum atomic E-state index is 6.14. The largest absolute Gasteiger partial charge is 0.271 e. The van der Waals surface area contributed by atoms with Gasteiger partial charge in [-0.1, -0.05) is 31.4 Å². The van der Waals surface area contributed by atoms with Crippen molar-refractivity contribution in [2.24, 2.45) is 17.7 Å². The third kappa shape index (κ3) is 2.97. The summed E-state index contributed by atoms with van der Waals surface area (Å²) in [7, 11) is 0. The molecule has 0 radical (unpaired) electrons. The zero-order valence-electron chi connectivity index (χ0n) is 10.2. The Morgan fingerprint density at radius 3 is 3.00 bits per heavy atom. The predicted octanol–water partition coefficient (Wildman–Crippen LogP) is 2.55. The van der Waals surface area contributed by atoms with Crippen LogP contribution in [0, 0.1) is 11.8 Å². The molecule has 1 aliphatic carbocycles. The first kappa shape index (κ1) is 12.8. The number of aromatic nitrogens is 1. The van der Waals surface area contributed by atoms with E-state index in [0.29, 0.717) is 12.0 Å². The summed E-state index contributed by atoms with van der Waals surface area (Å²) >= 11 is 6.14. The normalized spacial score (nSPS) is 26.1. The highest BCUT2D eigenvalue weighted by atomic mass is 35.5. The Morgan fingerprint density at radius 1 is 1.59 bits per heavy atom. The molecule has 3 atom stereocenters. The van der Waals surface area contributed by atoms with Crippen molar-refractivity contribution < 1.29 is 0 Å². The van der Waals surface area contributed by atoms with Gasteiger partial charge in [0.05, 0.1) is 5.02 Å². The lowest BCUT2D eigenvalue weighted by Gasteiger charge is -2.26. The van der Waals surface area contributed by atoms with Crippen molar-refractivity contribution in [2.45, 2.75) is 38.6 Å². The van der Waals surface area contributed by atoms with Gasteiger partial charge in [-0.2, -0.15) is 0 Å². The quantitative estimate of drug-likeness (QED) is 0.641. The molecule has 0 aliphatic heterocycles. The predicted molar refractivity (Wildman–Crippen MR) is 70.6 cm³/mol. The number of nitrogens with zero attached hydrogens (tertiary/aromatic N) is 1. The van der Waals surface area contributed by atoms with E-state index in [1.54, 1.807) is 12.4 Å². The number of halogens is 1. The van der Waals surface area contributed by atoms with Gasteiger partial charge in [-0.05, 0) is 36.3 Å². The van der Waals surface area contributed by atoms with Gasteiger partial charge >= 0.3 is 0 Å². The van der Waals surface area contributed by atoms with Crippen molar-refractivity contribution >= 4 is 11.6 Å². The number of hydrazine groups is 1. The standard InChI is InChI=1S/C13H20ClN3/c1-9-3-2-4-11(9)13(17-15)7-10-5-6-16-8-12(10)14/h5-6,8-9,11,13,17H,2-4,7,15H2,1H3. The lowest BCUT2D eigenvalue weighted by molar-refractivity contribution is 0.297. The second-order valence-corrected chi connectivity index (χ2v) is 5.42. The molecule has 0 spiro atoms. The highest BCUT2D eigenvalue weighted by Crippen LogP contribution is 2.35. The molecule has 0 amide bonds. The average molecular weight is 254 g/mol. The molecule has 2 rings (SSSR count). The van der Waals surface area contributed by atoms with Gasteiger partial charge in [-0.25, -0.2) is 0 Å². The van der Waals surface area contributed by atoms with E-state index in [1.165, 1.54) is 19.3 Å². The maximum Gasteiger partial charge on any atom is 0.0621 e. The summed E-state index contributed by atoms with van der Waals surface area (Å²) < 4.78 is 0. The minimum atomic E-state index is 0.312. The zero-order valence-corrected chi connectivity index (χ0v) is 11.0. The molecule has 0 saturated heterocycles. The highest BCUT2D eigenvalue weighted by Gasteiger charge is 2.30. The molecule has 1 aromatic rings. The Hall–Kier alpha value is -0.640. The number of nitrogens with one attached hydrogen (secondary N) is 1. The van der Waals surface area contributed by atoms with E-state index in [2.05, 4.69) is 17.3 Å². The first-order chi connectivity index (χ1) is 8.22. The van der Waals surface area contributed by atoms with Crippen LogP contribution in [0.25, 0.3) is 0 Å². The lowest BCUT2D eigenvalue weighted by Crippen LogP contribution is -2.43. The Morgan fingerprint density at radius 2 is 2.41 bits per heavy atom. The fraction of sp³-hybridized carbons (Fsp3) is 0.615. The average Bonchev–Trinajstić information content (AvgIpc) is 2.75. The zero-order chi connectivity index (χ0) is 12.3. The molecule has 1 aromatic heterocycles. The maximum absolute atomic E-state index is 6.14. The van der Waals surface area contributed by atoms with Crippen LogP contribution >= 0.6 is 11.6 Å². The molecular formula is C13H20ClN3. The van der Waals surface area contributed by atoms with Crippen LogP contribution in [-0.4, -0.2) is 11.0 Å². The molecule has 3 nitrogen and oxygen atoms in total. The van der Waals surface area contributed by atoms with E-state index < -0.39 is 0 Å². The summed E-state index contributed by atoms with van der Waals surface area (Å²) in [6, 6.07) is 2.29. The van der Waals surface area contributed by atoms with Crippen LogP contribution in [0.15, 0.2) is 18.5 Å². The summed E-state index contributed by atoms with van der Waals surface area (Å²) in [5, 5.41) is 0.735. The molecule has 4 heteroatoms. The third-order valence-electron chi connectivity index (χ3n) is 3.95. The van der Waals surface area contributed by atoms with E-state index >= 15 is 0 Å². The van der Waals surface area contributed by atoms with Gasteiger partial charge in [0.2, 0.25) is 0 Å². The number of hydrogen-bond donors (Lipinski definition) is 2. The number of hydrogen-bond acceptors (Lipinski definition) is 3. The van der Waals surface area contributed by atoms with Crippen molar-refractivity contribution in [1.29, 1.82) is 0 Å². The smallest absolute Gasteiger partial charge is 0.0621 e. The van der Waals surface area contributed by atoms with Crippen molar-refractivity contribution in [1.82, 2.24) is 10.4 Å². The molecule has 94 valence electrons.